The van der Waals surface area contributed by atoms with Crippen molar-refractivity contribution in [3.63, 3.8) is 0 Å². The molecule has 1 amide bonds. The van der Waals surface area contributed by atoms with Crippen LogP contribution in [0.25, 0.3) is 21.5 Å². The van der Waals surface area contributed by atoms with E-state index in [2.05, 4.69) is 10.4 Å². The van der Waals surface area contributed by atoms with Crippen LogP contribution in [0.15, 0.2) is 90.6 Å². The van der Waals surface area contributed by atoms with Crippen LogP contribution in [0.3, 0.4) is 0 Å². The summed E-state index contributed by atoms with van der Waals surface area (Å²) in [6.45, 7) is 0.584. The maximum absolute atomic E-state index is 13.3. The zero-order valence-corrected chi connectivity index (χ0v) is 16.8. The quantitative estimate of drug-likeness (QED) is 0.418. The van der Waals surface area contributed by atoms with Crippen molar-refractivity contribution in [3.05, 3.63) is 102 Å². The molecule has 0 saturated heterocycles. The van der Waals surface area contributed by atoms with Gasteiger partial charge in [-0.3, -0.25) is 9.48 Å². The molecule has 2 aromatic carbocycles. The van der Waals surface area contributed by atoms with Crippen LogP contribution >= 0.6 is 11.3 Å². The highest BCUT2D eigenvalue weighted by Gasteiger charge is 2.16. The van der Waals surface area contributed by atoms with E-state index in [1.165, 1.54) is 0 Å². The molecule has 5 nitrogen and oxygen atoms in total. The van der Waals surface area contributed by atoms with Gasteiger partial charge >= 0.3 is 0 Å². The molecule has 3 heterocycles. The lowest BCUT2D eigenvalue weighted by molar-refractivity contribution is 0.102. The van der Waals surface area contributed by atoms with Crippen LogP contribution in [0, 0.1) is 0 Å². The van der Waals surface area contributed by atoms with Crippen LogP contribution in [0.4, 0.5) is 5.69 Å². The lowest BCUT2D eigenvalue weighted by Gasteiger charge is -2.13. The highest BCUT2D eigenvalue weighted by Crippen LogP contribution is 2.28. The number of thiophene rings is 1. The van der Waals surface area contributed by atoms with Crippen LogP contribution in [0.2, 0.25) is 0 Å². The number of carbonyl (C=O) groups excluding carboxylic acids is 1. The fourth-order valence-electron chi connectivity index (χ4n) is 3.45. The van der Waals surface area contributed by atoms with Gasteiger partial charge in [-0.15, -0.1) is 11.3 Å². The fraction of sp³-hybridized carbons (Fsp3) is 0.0417. The van der Waals surface area contributed by atoms with Crippen molar-refractivity contribution in [1.82, 2.24) is 14.8 Å². The molecule has 0 unspecified atom stereocenters. The topological polar surface area (TPSA) is 59.8 Å². The Morgan fingerprint density at radius 2 is 1.87 bits per heavy atom. The molecule has 0 spiro atoms. The van der Waals surface area contributed by atoms with E-state index in [-0.39, 0.29) is 5.91 Å². The van der Waals surface area contributed by atoms with E-state index in [1.54, 1.807) is 17.5 Å². The number of para-hydroxylation sites is 2. The first kappa shape index (κ1) is 18.3. The van der Waals surface area contributed by atoms with Crippen molar-refractivity contribution < 1.29 is 4.79 Å². The van der Waals surface area contributed by atoms with E-state index >= 15 is 0 Å². The summed E-state index contributed by atoms with van der Waals surface area (Å²) in [6.07, 6.45) is 3.65. The van der Waals surface area contributed by atoms with Gasteiger partial charge in [-0.25, -0.2) is 4.98 Å². The van der Waals surface area contributed by atoms with E-state index in [1.807, 2.05) is 89.1 Å². The summed E-state index contributed by atoms with van der Waals surface area (Å²) in [5, 5.41) is 10.2. The Morgan fingerprint density at radius 1 is 1.00 bits per heavy atom. The van der Waals surface area contributed by atoms with Crippen LogP contribution < -0.4 is 5.32 Å². The number of fused-ring (bicyclic) bond motifs is 1. The molecule has 0 saturated carbocycles. The van der Waals surface area contributed by atoms with Gasteiger partial charge in [-0.1, -0.05) is 42.5 Å². The fourth-order valence-corrected chi connectivity index (χ4v) is 4.14. The smallest absolute Gasteiger partial charge is 0.256 e. The molecule has 0 radical (unpaired) electrons. The zero-order valence-electron chi connectivity index (χ0n) is 16.0. The Bertz CT molecular complexity index is 1310. The molecule has 0 bridgehead atoms. The van der Waals surface area contributed by atoms with E-state index in [9.17, 15) is 4.79 Å². The van der Waals surface area contributed by atoms with Crippen LogP contribution in [-0.4, -0.2) is 20.7 Å². The number of amides is 1. The van der Waals surface area contributed by atoms with Crippen LogP contribution in [-0.2, 0) is 6.54 Å². The van der Waals surface area contributed by atoms with E-state index < -0.39 is 0 Å². The molecule has 3 aromatic heterocycles. The summed E-state index contributed by atoms with van der Waals surface area (Å²) in [5.41, 5.74) is 3.98. The van der Waals surface area contributed by atoms with Crippen molar-refractivity contribution in [2.45, 2.75) is 6.54 Å². The average molecular weight is 411 g/mol. The summed E-state index contributed by atoms with van der Waals surface area (Å²) in [6, 6.07) is 23.3. The number of hydrogen-bond acceptors (Lipinski definition) is 4. The predicted molar refractivity (Wildman–Crippen MR) is 121 cm³/mol. The predicted octanol–water partition coefficient (Wildman–Crippen LogP) is 5.46. The SMILES string of the molecule is O=C(Nc1ccccc1Cn1cccn1)c1cc(-c2cccs2)nc2ccccc12. The standard InChI is InChI=1S/C24H18N4OS/c29-24(27-20-9-3-1-7-17(20)16-28-13-6-12-25-28)19-15-22(23-11-5-14-30-23)26-21-10-4-2-8-18(19)21/h1-15H,16H2,(H,27,29). The number of carbonyl (C=O) groups is 1. The molecule has 6 heteroatoms. The Balaban J connectivity index is 1.53. The third-order valence-corrected chi connectivity index (χ3v) is 5.78. The Hall–Kier alpha value is -3.77. The first-order valence-electron chi connectivity index (χ1n) is 9.58. The summed E-state index contributed by atoms with van der Waals surface area (Å²) in [5.74, 6) is -0.153. The summed E-state index contributed by atoms with van der Waals surface area (Å²) >= 11 is 1.61. The van der Waals surface area contributed by atoms with Gasteiger partial charge in [-0.05, 0) is 41.3 Å². The van der Waals surface area contributed by atoms with Crippen molar-refractivity contribution in [2.24, 2.45) is 0 Å². The van der Waals surface area contributed by atoms with Gasteiger partial charge in [0.1, 0.15) is 0 Å². The third kappa shape index (κ3) is 3.60. The molecule has 0 aliphatic rings. The number of pyridine rings is 1. The lowest BCUT2D eigenvalue weighted by atomic mass is 10.1. The lowest BCUT2D eigenvalue weighted by Crippen LogP contribution is -2.15. The molecule has 0 fully saturated rings. The van der Waals surface area contributed by atoms with Gasteiger partial charge < -0.3 is 5.32 Å². The maximum atomic E-state index is 13.3. The minimum atomic E-state index is -0.153. The maximum Gasteiger partial charge on any atom is 0.256 e. The van der Waals surface area contributed by atoms with E-state index in [0.717, 1.165) is 32.7 Å². The van der Waals surface area contributed by atoms with E-state index in [0.29, 0.717) is 12.1 Å². The van der Waals surface area contributed by atoms with Crippen molar-refractivity contribution >= 4 is 33.8 Å². The summed E-state index contributed by atoms with van der Waals surface area (Å²) in [7, 11) is 0. The number of aromatic nitrogens is 3. The van der Waals surface area contributed by atoms with Gasteiger partial charge in [0.15, 0.2) is 0 Å². The monoisotopic (exact) mass is 410 g/mol. The summed E-state index contributed by atoms with van der Waals surface area (Å²) in [4.78, 5) is 19.1. The number of anilines is 1. The number of benzene rings is 2. The average Bonchev–Trinajstić information content (AvgIpc) is 3.49. The largest absolute Gasteiger partial charge is 0.322 e. The van der Waals surface area contributed by atoms with E-state index in [4.69, 9.17) is 4.98 Å². The van der Waals surface area contributed by atoms with Crippen molar-refractivity contribution in [2.75, 3.05) is 5.32 Å². The molecule has 146 valence electrons. The molecule has 5 aromatic rings. The molecule has 0 atom stereocenters. The van der Waals surface area contributed by atoms with Gasteiger partial charge in [0.2, 0.25) is 0 Å². The molecule has 30 heavy (non-hydrogen) atoms. The van der Waals surface area contributed by atoms with Gasteiger partial charge in [0.25, 0.3) is 5.91 Å². The Labute approximate surface area is 177 Å². The van der Waals surface area contributed by atoms with Crippen molar-refractivity contribution in [3.8, 4) is 10.6 Å². The second-order valence-corrected chi connectivity index (χ2v) is 7.81. The third-order valence-electron chi connectivity index (χ3n) is 4.89. The molecule has 0 aliphatic heterocycles. The first-order chi connectivity index (χ1) is 14.8. The number of nitrogens with one attached hydrogen (secondary N) is 1. The van der Waals surface area contributed by atoms with Crippen LogP contribution in [0.5, 0.6) is 0 Å². The van der Waals surface area contributed by atoms with Gasteiger partial charge in [0, 0.05) is 23.5 Å². The highest BCUT2D eigenvalue weighted by atomic mass is 32.1. The second-order valence-electron chi connectivity index (χ2n) is 6.86. The minimum Gasteiger partial charge on any atom is -0.322 e. The Kier molecular flexibility index (Phi) is 4.83. The Morgan fingerprint density at radius 3 is 2.70 bits per heavy atom. The first-order valence-corrected chi connectivity index (χ1v) is 10.5. The van der Waals surface area contributed by atoms with Crippen LogP contribution in [0.1, 0.15) is 15.9 Å². The zero-order chi connectivity index (χ0) is 20.3. The highest BCUT2D eigenvalue weighted by molar-refractivity contribution is 7.13. The molecule has 0 aliphatic carbocycles. The number of nitrogens with zero attached hydrogens (tertiary/aromatic N) is 3. The van der Waals surface area contributed by atoms with Crippen molar-refractivity contribution in [1.29, 1.82) is 0 Å². The molecule has 1 N–H and O–H groups in total. The van der Waals surface area contributed by atoms with Gasteiger partial charge in [-0.2, -0.15) is 5.10 Å². The number of hydrogen-bond donors (Lipinski definition) is 1. The normalized spacial score (nSPS) is 10.9. The molecule has 5 rings (SSSR count). The second kappa shape index (κ2) is 7.93. The molecular weight excluding hydrogens is 392 g/mol. The summed E-state index contributed by atoms with van der Waals surface area (Å²) < 4.78 is 1.84. The minimum absolute atomic E-state index is 0.153. The van der Waals surface area contributed by atoms with Gasteiger partial charge in [0.05, 0.1) is 28.2 Å². The molecular formula is C24H18N4OS. The number of rotatable bonds is 5.